The largest absolute Gasteiger partial charge is 0.395 e. The summed E-state index contributed by atoms with van der Waals surface area (Å²) in [6, 6.07) is 9.44. The smallest absolute Gasteiger partial charge is 0.315 e. The fraction of sp³-hybridized carbons (Fsp3) is 0.708. The molecule has 6 rings (SSSR count). The summed E-state index contributed by atoms with van der Waals surface area (Å²) in [5.41, 5.74) is 3.06. The molecule has 4 saturated carbocycles. The number of carbonyl (C=O) groups excluding carboxylic acids is 1. The lowest BCUT2D eigenvalue weighted by atomic mass is 9.65. The Morgan fingerprint density at radius 2 is 1.93 bits per heavy atom. The normalized spacial score (nSPS) is 36.5. The van der Waals surface area contributed by atoms with Crippen molar-refractivity contribution in [2.75, 3.05) is 26.2 Å². The summed E-state index contributed by atoms with van der Waals surface area (Å²) in [5, 5.41) is 15.9. The van der Waals surface area contributed by atoms with Gasteiger partial charge in [-0.15, -0.1) is 0 Å². The first-order chi connectivity index (χ1) is 14.0. The first kappa shape index (κ1) is 19.4. The Morgan fingerprint density at radius 1 is 1.17 bits per heavy atom. The Balaban J connectivity index is 1.24. The van der Waals surface area contributed by atoms with E-state index in [0.717, 1.165) is 51.2 Å². The van der Waals surface area contributed by atoms with E-state index in [2.05, 4.69) is 46.7 Å². The number of β-amino-alcohol motifs (C(OH)–C–C–N with tert-alkyl or cyclic N) is 1. The highest BCUT2D eigenvalue weighted by molar-refractivity contribution is 5.75. The second-order valence-electron chi connectivity index (χ2n) is 10.3. The maximum Gasteiger partial charge on any atom is 0.315 e. The van der Waals surface area contributed by atoms with Crippen molar-refractivity contribution in [2.24, 2.45) is 11.8 Å². The highest BCUT2D eigenvalue weighted by Gasteiger charge is 2.64. The number of aryl methyl sites for hydroxylation is 1. The third kappa shape index (κ3) is 3.46. The molecule has 1 heterocycles. The number of benzene rings is 1. The van der Waals surface area contributed by atoms with Crippen LogP contribution in [0.4, 0.5) is 4.79 Å². The summed E-state index contributed by atoms with van der Waals surface area (Å²) in [5.74, 6) is 1.38. The molecular formula is C24H35N3O2. The van der Waals surface area contributed by atoms with Crippen LogP contribution in [0.3, 0.4) is 0 Å². The Labute approximate surface area is 174 Å². The average Bonchev–Trinajstić information content (AvgIpc) is 3.05. The second-order valence-corrected chi connectivity index (χ2v) is 10.3. The van der Waals surface area contributed by atoms with E-state index in [1.807, 2.05) is 0 Å². The second kappa shape index (κ2) is 7.28. The van der Waals surface area contributed by atoms with Crippen molar-refractivity contribution in [3.8, 4) is 0 Å². The van der Waals surface area contributed by atoms with Crippen molar-refractivity contribution in [3.05, 3.63) is 35.4 Å². The molecule has 29 heavy (non-hydrogen) atoms. The van der Waals surface area contributed by atoms with Crippen molar-refractivity contribution in [1.29, 1.82) is 0 Å². The van der Waals surface area contributed by atoms with Crippen molar-refractivity contribution in [3.63, 3.8) is 0 Å². The van der Waals surface area contributed by atoms with Crippen LogP contribution in [0.25, 0.3) is 0 Å². The van der Waals surface area contributed by atoms with Crippen molar-refractivity contribution in [1.82, 2.24) is 15.5 Å². The third-order valence-electron chi connectivity index (χ3n) is 8.39. The lowest BCUT2D eigenvalue weighted by molar-refractivity contribution is 0.153. The summed E-state index contributed by atoms with van der Waals surface area (Å²) >= 11 is 0. The number of amides is 2. The Bertz CT molecular complexity index is 758. The summed E-state index contributed by atoms with van der Waals surface area (Å²) in [6.07, 6.45) is 8.01. The van der Waals surface area contributed by atoms with Crippen LogP contribution in [0, 0.1) is 18.8 Å². The number of rotatable bonds is 5. The van der Waals surface area contributed by atoms with E-state index in [0.29, 0.717) is 5.92 Å². The van der Waals surface area contributed by atoms with E-state index >= 15 is 0 Å². The molecule has 158 valence electrons. The van der Waals surface area contributed by atoms with Gasteiger partial charge in [0.1, 0.15) is 0 Å². The van der Waals surface area contributed by atoms with Crippen LogP contribution < -0.4 is 10.6 Å². The van der Waals surface area contributed by atoms with E-state index in [9.17, 15) is 4.79 Å². The molecule has 2 amide bonds. The van der Waals surface area contributed by atoms with Crippen LogP contribution >= 0.6 is 0 Å². The van der Waals surface area contributed by atoms with E-state index in [-0.39, 0.29) is 29.6 Å². The van der Waals surface area contributed by atoms with Crippen molar-refractivity contribution < 1.29 is 9.90 Å². The molecule has 5 fully saturated rings. The molecule has 1 aliphatic heterocycles. The summed E-state index contributed by atoms with van der Waals surface area (Å²) in [6.45, 7) is 5.02. The molecule has 5 nitrogen and oxygen atoms in total. The minimum Gasteiger partial charge on any atom is -0.395 e. The van der Waals surface area contributed by atoms with Crippen LogP contribution in [0.2, 0.25) is 0 Å². The molecule has 1 saturated heterocycles. The highest BCUT2D eigenvalue weighted by Crippen LogP contribution is 2.66. The number of aliphatic hydroxyl groups excluding tert-OH is 1. The SMILES string of the molecule is Cc1ccc(C23CC4CC(C2)C(NC(=O)NC2CCN(CCO)CC2)(C4)C3)cc1. The third-order valence-corrected chi connectivity index (χ3v) is 8.39. The number of piperidine rings is 1. The van der Waals surface area contributed by atoms with Gasteiger partial charge in [0.05, 0.1) is 6.61 Å². The minimum absolute atomic E-state index is 0.00449. The minimum atomic E-state index is -0.00449. The van der Waals surface area contributed by atoms with Gasteiger partial charge in [-0.3, -0.25) is 0 Å². The maximum atomic E-state index is 12.9. The number of hydrogen-bond acceptors (Lipinski definition) is 3. The lowest BCUT2D eigenvalue weighted by Crippen LogP contribution is -2.56. The van der Waals surface area contributed by atoms with Gasteiger partial charge >= 0.3 is 6.03 Å². The molecule has 4 bridgehead atoms. The number of likely N-dealkylation sites (tertiary alicyclic amines) is 1. The molecule has 4 atom stereocenters. The number of aliphatic hydroxyl groups is 1. The molecule has 4 aliphatic carbocycles. The molecule has 0 spiro atoms. The molecular weight excluding hydrogens is 362 g/mol. The predicted octanol–water partition coefficient (Wildman–Crippen LogP) is 2.95. The zero-order valence-corrected chi connectivity index (χ0v) is 17.6. The Kier molecular flexibility index (Phi) is 4.86. The van der Waals surface area contributed by atoms with Gasteiger partial charge in [0.2, 0.25) is 0 Å². The van der Waals surface area contributed by atoms with Gasteiger partial charge in [-0.25, -0.2) is 4.79 Å². The number of nitrogens with one attached hydrogen (secondary N) is 2. The quantitative estimate of drug-likeness (QED) is 0.716. The Hall–Kier alpha value is -1.59. The lowest BCUT2D eigenvalue weighted by Gasteiger charge is -2.42. The topological polar surface area (TPSA) is 64.6 Å². The van der Waals surface area contributed by atoms with Crippen LogP contribution in [0.5, 0.6) is 0 Å². The van der Waals surface area contributed by atoms with Gasteiger partial charge in [-0.1, -0.05) is 29.8 Å². The number of carbonyl (C=O) groups is 1. The number of urea groups is 1. The predicted molar refractivity (Wildman–Crippen MR) is 114 cm³/mol. The van der Waals surface area contributed by atoms with Crippen LogP contribution in [0.15, 0.2) is 24.3 Å². The van der Waals surface area contributed by atoms with Crippen LogP contribution in [-0.2, 0) is 5.41 Å². The molecule has 5 aliphatic rings. The molecule has 0 radical (unpaired) electrons. The van der Waals surface area contributed by atoms with Gasteiger partial charge in [0.25, 0.3) is 0 Å². The monoisotopic (exact) mass is 397 g/mol. The van der Waals surface area contributed by atoms with Crippen LogP contribution in [-0.4, -0.2) is 53.9 Å². The van der Waals surface area contributed by atoms with E-state index in [1.165, 1.54) is 30.4 Å². The highest BCUT2D eigenvalue weighted by atomic mass is 16.3. The molecule has 0 aromatic heterocycles. The van der Waals surface area contributed by atoms with Gasteiger partial charge in [0, 0.05) is 31.2 Å². The zero-order valence-electron chi connectivity index (χ0n) is 17.6. The van der Waals surface area contributed by atoms with Gasteiger partial charge in [0.15, 0.2) is 0 Å². The molecule has 1 aromatic rings. The van der Waals surface area contributed by atoms with E-state index in [4.69, 9.17) is 5.11 Å². The fourth-order valence-electron chi connectivity index (χ4n) is 7.23. The molecule has 3 N–H and O–H groups in total. The zero-order chi connectivity index (χ0) is 20.1. The van der Waals surface area contributed by atoms with E-state index < -0.39 is 0 Å². The summed E-state index contributed by atoms with van der Waals surface area (Å²) in [4.78, 5) is 15.2. The van der Waals surface area contributed by atoms with Gasteiger partial charge in [-0.05, 0) is 74.7 Å². The van der Waals surface area contributed by atoms with Crippen LogP contribution in [0.1, 0.15) is 56.1 Å². The number of nitrogens with zero attached hydrogens (tertiary/aromatic N) is 1. The summed E-state index contributed by atoms with van der Waals surface area (Å²) < 4.78 is 0. The average molecular weight is 398 g/mol. The van der Waals surface area contributed by atoms with Gasteiger partial charge in [-0.2, -0.15) is 0 Å². The first-order valence-corrected chi connectivity index (χ1v) is 11.5. The summed E-state index contributed by atoms with van der Waals surface area (Å²) in [7, 11) is 0. The molecule has 4 unspecified atom stereocenters. The van der Waals surface area contributed by atoms with Crippen molar-refractivity contribution in [2.45, 2.75) is 68.9 Å². The maximum absolute atomic E-state index is 12.9. The fourth-order valence-corrected chi connectivity index (χ4v) is 7.23. The molecule has 5 heteroatoms. The Morgan fingerprint density at radius 3 is 2.66 bits per heavy atom. The standard InChI is InChI=1S/C24H35N3O2/c1-17-2-4-19(5-3-17)23-13-18-12-20(15-23)24(14-18,16-23)26-22(29)25-21-6-8-27(9-7-21)10-11-28/h2-5,18,20-21,28H,6-16H2,1H3,(H2,25,26,29). The van der Waals surface area contributed by atoms with Gasteiger partial charge < -0.3 is 20.6 Å². The van der Waals surface area contributed by atoms with Crippen molar-refractivity contribution >= 4 is 6.03 Å². The van der Waals surface area contributed by atoms with E-state index in [1.54, 1.807) is 0 Å². The molecule has 1 aromatic carbocycles. The number of hydrogen-bond donors (Lipinski definition) is 3. The first-order valence-electron chi connectivity index (χ1n) is 11.5.